The first kappa shape index (κ1) is 15.9. The lowest BCUT2D eigenvalue weighted by molar-refractivity contribution is 0.0697. The lowest BCUT2D eigenvalue weighted by atomic mass is 10.2. The summed E-state index contributed by atoms with van der Waals surface area (Å²) in [4.78, 5) is 10.6. The Morgan fingerprint density at radius 3 is 2.58 bits per heavy atom. The first-order chi connectivity index (χ1) is 8.77. The third-order valence-corrected chi connectivity index (χ3v) is 4.15. The highest BCUT2D eigenvalue weighted by Gasteiger charge is 2.18. The van der Waals surface area contributed by atoms with Crippen LogP contribution < -0.4 is 4.72 Å². The molecular formula is C11H14ClNO5S. The number of nitrogens with one attached hydrogen (secondary N) is 1. The zero-order chi connectivity index (χ0) is 14.6. The summed E-state index contributed by atoms with van der Waals surface area (Å²) >= 11 is 5.71. The van der Waals surface area contributed by atoms with Gasteiger partial charge in [-0.2, -0.15) is 0 Å². The van der Waals surface area contributed by atoms with Gasteiger partial charge in [-0.3, -0.25) is 0 Å². The van der Waals surface area contributed by atoms with Crippen LogP contribution >= 0.6 is 11.6 Å². The molecule has 0 aliphatic carbocycles. The van der Waals surface area contributed by atoms with Crippen molar-refractivity contribution in [2.75, 3.05) is 13.2 Å². The number of halogens is 1. The number of carboxylic acid groups (broad SMARTS) is 1. The fraction of sp³-hybridized carbons (Fsp3) is 0.364. The molecule has 6 nitrogen and oxygen atoms in total. The van der Waals surface area contributed by atoms with Crippen molar-refractivity contribution in [2.45, 2.75) is 11.8 Å². The summed E-state index contributed by atoms with van der Waals surface area (Å²) in [6.07, 6.45) is 0. The number of rotatable bonds is 6. The average molecular weight is 308 g/mol. The maximum atomic E-state index is 11.9. The van der Waals surface area contributed by atoms with Gasteiger partial charge in [-0.05, 0) is 24.1 Å². The molecule has 0 bridgehead atoms. The van der Waals surface area contributed by atoms with Crippen LogP contribution in [0.4, 0.5) is 0 Å². The summed E-state index contributed by atoms with van der Waals surface area (Å²) < 4.78 is 26.1. The molecule has 3 N–H and O–H groups in total. The molecule has 0 saturated carbocycles. The molecule has 0 aliphatic heterocycles. The molecule has 0 fully saturated rings. The quantitative estimate of drug-likeness (QED) is 0.726. The van der Waals surface area contributed by atoms with Crippen molar-refractivity contribution >= 4 is 27.6 Å². The summed E-state index contributed by atoms with van der Waals surface area (Å²) in [6.45, 7) is 1.63. The van der Waals surface area contributed by atoms with Crippen LogP contribution in [0.25, 0.3) is 0 Å². The van der Waals surface area contributed by atoms with Crippen LogP contribution in [0.3, 0.4) is 0 Å². The molecule has 1 aromatic rings. The molecule has 106 valence electrons. The van der Waals surface area contributed by atoms with Crippen molar-refractivity contribution < 1.29 is 23.4 Å². The Morgan fingerprint density at radius 1 is 1.47 bits per heavy atom. The minimum Gasteiger partial charge on any atom is -0.478 e. The Hall–Kier alpha value is -1.15. The van der Waals surface area contributed by atoms with E-state index in [1.54, 1.807) is 6.92 Å². The van der Waals surface area contributed by atoms with Gasteiger partial charge in [0.05, 0.1) is 15.5 Å². The van der Waals surface area contributed by atoms with Crippen molar-refractivity contribution in [1.29, 1.82) is 0 Å². The van der Waals surface area contributed by atoms with Gasteiger partial charge in [-0.25, -0.2) is 17.9 Å². The second kappa shape index (κ2) is 6.33. The van der Waals surface area contributed by atoms with Gasteiger partial charge in [0.15, 0.2) is 0 Å². The normalized spacial score (nSPS) is 13.2. The molecule has 1 unspecified atom stereocenters. The number of aromatic carboxylic acids is 1. The van der Waals surface area contributed by atoms with Gasteiger partial charge in [0.2, 0.25) is 10.0 Å². The molecule has 0 amide bonds. The maximum absolute atomic E-state index is 11.9. The Morgan fingerprint density at radius 2 is 2.11 bits per heavy atom. The summed E-state index contributed by atoms with van der Waals surface area (Å²) in [5, 5.41) is 17.5. The molecular weight excluding hydrogens is 294 g/mol. The first-order valence-corrected chi connectivity index (χ1v) is 7.27. The molecule has 1 atom stereocenters. The molecule has 1 aromatic carbocycles. The molecule has 0 radical (unpaired) electrons. The predicted molar refractivity (Wildman–Crippen MR) is 69.8 cm³/mol. The zero-order valence-electron chi connectivity index (χ0n) is 10.1. The van der Waals surface area contributed by atoms with Crippen LogP contribution in [0.5, 0.6) is 0 Å². The Labute approximate surface area is 116 Å². The van der Waals surface area contributed by atoms with E-state index in [9.17, 15) is 13.2 Å². The molecule has 0 spiro atoms. The van der Waals surface area contributed by atoms with E-state index in [4.69, 9.17) is 21.8 Å². The topological polar surface area (TPSA) is 104 Å². The number of aliphatic hydroxyl groups is 1. The summed E-state index contributed by atoms with van der Waals surface area (Å²) in [6, 6.07) is 3.38. The van der Waals surface area contributed by atoms with Crippen LogP contribution in [-0.4, -0.2) is 37.8 Å². The number of benzene rings is 1. The SMILES string of the molecule is CC(CO)CNS(=O)(=O)c1ccc(C(=O)O)c(Cl)c1. The van der Waals surface area contributed by atoms with Crippen LogP contribution in [0, 0.1) is 5.92 Å². The van der Waals surface area contributed by atoms with Crippen molar-refractivity contribution in [3.63, 3.8) is 0 Å². The number of carboxylic acids is 1. The third kappa shape index (κ3) is 4.17. The summed E-state index contributed by atoms with van der Waals surface area (Å²) in [5.74, 6) is -1.45. The van der Waals surface area contributed by atoms with Crippen LogP contribution in [-0.2, 0) is 10.0 Å². The molecule has 0 saturated heterocycles. The predicted octanol–water partition coefficient (Wildman–Crippen LogP) is 0.945. The zero-order valence-corrected chi connectivity index (χ0v) is 11.7. The Balaban J connectivity index is 2.96. The minimum absolute atomic E-state index is 0.0805. The Kier molecular flexibility index (Phi) is 5.30. The highest BCUT2D eigenvalue weighted by molar-refractivity contribution is 7.89. The number of hydrogen-bond donors (Lipinski definition) is 3. The van der Waals surface area contributed by atoms with Crippen molar-refractivity contribution in [3.05, 3.63) is 28.8 Å². The van der Waals surface area contributed by atoms with Crippen LogP contribution in [0.1, 0.15) is 17.3 Å². The van der Waals surface area contributed by atoms with E-state index in [1.165, 1.54) is 6.07 Å². The van der Waals surface area contributed by atoms with Gasteiger partial charge < -0.3 is 10.2 Å². The monoisotopic (exact) mass is 307 g/mol. The molecule has 8 heteroatoms. The van der Waals surface area contributed by atoms with Crippen molar-refractivity contribution in [3.8, 4) is 0 Å². The maximum Gasteiger partial charge on any atom is 0.337 e. The summed E-state index contributed by atoms with van der Waals surface area (Å²) in [7, 11) is -3.77. The molecule has 1 rings (SSSR count). The molecule has 0 aromatic heterocycles. The number of carbonyl (C=O) groups is 1. The van der Waals surface area contributed by atoms with Gasteiger partial charge in [0.25, 0.3) is 0 Å². The van der Waals surface area contributed by atoms with E-state index in [2.05, 4.69) is 4.72 Å². The van der Waals surface area contributed by atoms with Gasteiger partial charge in [0.1, 0.15) is 0 Å². The second-order valence-electron chi connectivity index (χ2n) is 4.09. The van der Waals surface area contributed by atoms with Gasteiger partial charge in [-0.1, -0.05) is 18.5 Å². The standard InChI is InChI=1S/C11H14ClNO5S/c1-7(6-14)5-13-19(17,18)8-2-3-9(11(15)16)10(12)4-8/h2-4,7,13-14H,5-6H2,1H3,(H,15,16). The van der Waals surface area contributed by atoms with E-state index >= 15 is 0 Å². The van der Waals surface area contributed by atoms with Gasteiger partial charge in [-0.15, -0.1) is 0 Å². The van der Waals surface area contributed by atoms with Crippen LogP contribution in [0.2, 0.25) is 5.02 Å². The van der Waals surface area contributed by atoms with E-state index in [-0.39, 0.29) is 34.6 Å². The fourth-order valence-electron chi connectivity index (χ4n) is 1.24. The largest absolute Gasteiger partial charge is 0.478 e. The van der Waals surface area contributed by atoms with E-state index in [0.29, 0.717) is 0 Å². The van der Waals surface area contributed by atoms with E-state index < -0.39 is 16.0 Å². The van der Waals surface area contributed by atoms with E-state index in [1.807, 2.05) is 0 Å². The average Bonchev–Trinajstić information content (AvgIpc) is 2.35. The molecule has 0 aliphatic rings. The van der Waals surface area contributed by atoms with E-state index in [0.717, 1.165) is 12.1 Å². The van der Waals surface area contributed by atoms with Crippen molar-refractivity contribution in [1.82, 2.24) is 4.72 Å². The highest BCUT2D eigenvalue weighted by atomic mass is 35.5. The first-order valence-electron chi connectivity index (χ1n) is 5.41. The number of hydrogen-bond acceptors (Lipinski definition) is 4. The molecule has 0 heterocycles. The van der Waals surface area contributed by atoms with Gasteiger partial charge in [0, 0.05) is 13.2 Å². The smallest absolute Gasteiger partial charge is 0.337 e. The molecule has 19 heavy (non-hydrogen) atoms. The lowest BCUT2D eigenvalue weighted by Gasteiger charge is -2.11. The Bertz CT molecular complexity index is 572. The summed E-state index contributed by atoms with van der Waals surface area (Å²) in [5.41, 5.74) is -0.163. The minimum atomic E-state index is -3.77. The van der Waals surface area contributed by atoms with Crippen LogP contribution in [0.15, 0.2) is 23.1 Å². The lowest BCUT2D eigenvalue weighted by Crippen LogP contribution is -2.29. The fourth-order valence-corrected chi connectivity index (χ4v) is 2.75. The second-order valence-corrected chi connectivity index (χ2v) is 6.26. The highest BCUT2D eigenvalue weighted by Crippen LogP contribution is 2.20. The van der Waals surface area contributed by atoms with Crippen molar-refractivity contribution in [2.24, 2.45) is 5.92 Å². The van der Waals surface area contributed by atoms with Gasteiger partial charge >= 0.3 is 5.97 Å². The number of aliphatic hydroxyl groups excluding tert-OH is 1. The number of sulfonamides is 1. The third-order valence-electron chi connectivity index (χ3n) is 2.41.